The molecule has 0 bridgehead atoms. The molecule has 1 saturated heterocycles. The van der Waals surface area contributed by atoms with E-state index in [4.69, 9.17) is 5.84 Å². The van der Waals surface area contributed by atoms with Gasteiger partial charge < -0.3 is 5.32 Å². The number of carbonyl (C=O) groups is 1. The van der Waals surface area contributed by atoms with Crippen LogP contribution in [0.3, 0.4) is 0 Å². The molecular formula is C16H19N3O. The number of nitrogens with two attached hydrogens (primary N) is 1. The highest BCUT2D eigenvalue weighted by Gasteiger charge is 2.26. The number of nitrogens with zero attached hydrogens (tertiary/aromatic N) is 1. The van der Waals surface area contributed by atoms with E-state index in [1.54, 1.807) is 5.01 Å². The van der Waals surface area contributed by atoms with E-state index in [1.807, 2.05) is 36.4 Å². The van der Waals surface area contributed by atoms with Gasteiger partial charge in [-0.25, -0.2) is 5.01 Å². The summed E-state index contributed by atoms with van der Waals surface area (Å²) in [6.45, 7) is 0.788. The van der Waals surface area contributed by atoms with Crippen molar-refractivity contribution in [3.8, 4) is 0 Å². The second-order valence-corrected chi connectivity index (χ2v) is 5.30. The zero-order valence-electron chi connectivity index (χ0n) is 11.4. The molecule has 1 unspecified atom stereocenters. The Morgan fingerprint density at radius 3 is 2.75 bits per heavy atom. The Kier molecular flexibility index (Phi) is 3.67. The van der Waals surface area contributed by atoms with Crippen LogP contribution in [0.2, 0.25) is 0 Å². The number of hydrogen-bond acceptors (Lipinski definition) is 3. The average molecular weight is 269 g/mol. The molecule has 1 fully saturated rings. The predicted molar refractivity (Wildman–Crippen MR) is 81.1 cm³/mol. The second kappa shape index (κ2) is 5.61. The predicted octanol–water partition coefficient (Wildman–Crippen LogP) is 2.51. The minimum absolute atomic E-state index is 0.0116. The van der Waals surface area contributed by atoms with Crippen LogP contribution in [0.15, 0.2) is 42.5 Å². The summed E-state index contributed by atoms with van der Waals surface area (Å²) in [5.74, 6) is 5.88. The van der Waals surface area contributed by atoms with Crippen molar-refractivity contribution in [2.75, 3.05) is 11.9 Å². The minimum Gasteiger partial charge on any atom is -0.325 e. The maximum Gasteiger partial charge on any atom is 0.243 e. The molecule has 0 radical (unpaired) electrons. The van der Waals surface area contributed by atoms with Crippen molar-refractivity contribution in [3.05, 3.63) is 42.5 Å². The molecule has 3 rings (SSSR count). The number of benzene rings is 2. The van der Waals surface area contributed by atoms with Gasteiger partial charge >= 0.3 is 0 Å². The Balaban J connectivity index is 1.76. The molecule has 104 valence electrons. The molecule has 2 aromatic carbocycles. The normalized spacial score (nSPS) is 19.9. The monoisotopic (exact) mass is 269 g/mol. The van der Waals surface area contributed by atoms with Gasteiger partial charge in [0.2, 0.25) is 5.91 Å². The third kappa shape index (κ3) is 2.66. The van der Waals surface area contributed by atoms with Gasteiger partial charge in [-0.05, 0) is 42.2 Å². The van der Waals surface area contributed by atoms with E-state index < -0.39 is 0 Å². The smallest absolute Gasteiger partial charge is 0.243 e. The van der Waals surface area contributed by atoms with E-state index in [0.29, 0.717) is 0 Å². The average Bonchev–Trinajstić information content (AvgIpc) is 2.47. The first kappa shape index (κ1) is 13.1. The van der Waals surface area contributed by atoms with Gasteiger partial charge in [0.15, 0.2) is 0 Å². The largest absolute Gasteiger partial charge is 0.325 e. The summed E-state index contributed by atoms with van der Waals surface area (Å²) >= 11 is 0. The minimum atomic E-state index is -0.213. The number of hydrazine groups is 1. The lowest BCUT2D eigenvalue weighted by Crippen LogP contribution is -2.50. The number of nitrogens with one attached hydrogen (secondary N) is 1. The maximum atomic E-state index is 12.3. The molecule has 4 nitrogen and oxygen atoms in total. The van der Waals surface area contributed by atoms with Crippen LogP contribution in [0.25, 0.3) is 10.8 Å². The van der Waals surface area contributed by atoms with Crippen molar-refractivity contribution in [2.24, 2.45) is 5.84 Å². The van der Waals surface area contributed by atoms with Crippen molar-refractivity contribution in [1.29, 1.82) is 0 Å². The first-order valence-electron chi connectivity index (χ1n) is 7.05. The fraction of sp³-hybridized carbons (Fsp3) is 0.312. The summed E-state index contributed by atoms with van der Waals surface area (Å²) in [6, 6.07) is 13.8. The lowest BCUT2D eigenvalue weighted by atomic mass is 10.0. The van der Waals surface area contributed by atoms with Crippen LogP contribution in [-0.4, -0.2) is 23.5 Å². The van der Waals surface area contributed by atoms with E-state index in [9.17, 15) is 4.79 Å². The maximum absolute atomic E-state index is 12.3. The van der Waals surface area contributed by atoms with E-state index in [2.05, 4.69) is 11.4 Å². The van der Waals surface area contributed by atoms with Crippen LogP contribution in [0.5, 0.6) is 0 Å². The van der Waals surface area contributed by atoms with Gasteiger partial charge in [-0.1, -0.05) is 30.3 Å². The number of rotatable bonds is 2. The number of piperidine rings is 1. The molecule has 0 saturated carbocycles. The summed E-state index contributed by atoms with van der Waals surface area (Å²) in [5.41, 5.74) is 0.827. The first-order chi connectivity index (χ1) is 9.74. The molecule has 20 heavy (non-hydrogen) atoms. The molecule has 0 spiro atoms. The van der Waals surface area contributed by atoms with Crippen molar-refractivity contribution >= 4 is 22.4 Å². The van der Waals surface area contributed by atoms with Crippen molar-refractivity contribution in [2.45, 2.75) is 25.3 Å². The van der Waals surface area contributed by atoms with Crippen LogP contribution in [0.1, 0.15) is 19.3 Å². The highest BCUT2D eigenvalue weighted by Crippen LogP contribution is 2.20. The van der Waals surface area contributed by atoms with Gasteiger partial charge in [-0.15, -0.1) is 0 Å². The Morgan fingerprint density at radius 1 is 1.15 bits per heavy atom. The van der Waals surface area contributed by atoms with Crippen molar-refractivity contribution in [3.63, 3.8) is 0 Å². The quantitative estimate of drug-likeness (QED) is 0.824. The third-order valence-corrected chi connectivity index (χ3v) is 3.86. The van der Waals surface area contributed by atoms with Crippen LogP contribution < -0.4 is 11.2 Å². The van der Waals surface area contributed by atoms with Crippen molar-refractivity contribution < 1.29 is 4.79 Å². The van der Waals surface area contributed by atoms with Crippen LogP contribution in [0, 0.1) is 0 Å². The molecule has 1 aliphatic heterocycles. The molecule has 4 heteroatoms. The molecule has 0 aromatic heterocycles. The van der Waals surface area contributed by atoms with Gasteiger partial charge in [0, 0.05) is 12.2 Å². The van der Waals surface area contributed by atoms with Crippen LogP contribution >= 0.6 is 0 Å². The van der Waals surface area contributed by atoms with Gasteiger partial charge in [-0.3, -0.25) is 10.6 Å². The standard InChI is InChI=1S/C16H19N3O/c17-19-10-4-3-7-15(19)16(20)18-14-9-8-12-5-1-2-6-13(12)11-14/h1-2,5-6,8-9,11,15H,3-4,7,10,17H2,(H,18,20). The Labute approximate surface area is 118 Å². The lowest BCUT2D eigenvalue weighted by Gasteiger charge is -2.30. The van der Waals surface area contributed by atoms with Crippen LogP contribution in [0.4, 0.5) is 5.69 Å². The number of anilines is 1. The zero-order chi connectivity index (χ0) is 13.9. The number of carbonyl (C=O) groups excluding carboxylic acids is 1. The highest BCUT2D eigenvalue weighted by atomic mass is 16.2. The summed E-state index contributed by atoms with van der Waals surface area (Å²) in [6.07, 6.45) is 2.95. The summed E-state index contributed by atoms with van der Waals surface area (Å²) < 4.78 is 0. The Hall–Kier alpha value is -1.91. The van der Waals surface area contributed by atoms with Crippen molar-refractivity contribution in [1.82, 2.24) is 5.01 Å². The molecule has 1 aliphatic rings. The number of amides is 1. The number of hydrogen-bond donors (Lipinski definition) is 2. The fourth-order valence-electron chi connectivity index (χ4n) is 2.73. The van der Waals surface area contributed by atoms with Crippen LogP contribution in [-0.2, 0) is 4.79 Å². The topological polar surface area (TPSA) is 58.4 Å². The second-order valence-electron chi connectivity index (χ2n) is 5.30. The molecular weight excluding hydrogens is 250 g/mol. The SMILES string of the molecule is NN1CCCCC1C(=O)Nc1ccc2ccccc2c1. The molecule has 1 amide bonds. The first-order valence-corrected chi connectivity index (χ1v) is 7.05. The van der Waals surface area contributed by atoms with Gasteiger partial charge in [-0.2, -0.15) is 0 Å². The number of fused-ring (bicyclic) bond motifs is 1. The van der Waals surface area contributed by atoms with E-state index in [0.717, 1.165) is 36.9 Å². The molecule has 1 atom stereocenters. The zero-order valence-corrected chi connectivity index (χ0v) is 11.4. The van der Waals surface area contributed by atoms with Gasteiger partial charge in [0.1, 0.15) is 6.04 Å². The summed E-state index contributed by atoms with van der Waals surface area (Å²) in [4.78, 5) is 12.3. The van der Waals surface area contributed by atoms with E-state index >= 15 is 0 Å². The molecule has 3 N–H and O–H groups in total. The van der Waals surface area contributed by atoms with E-state index in [1.165, 1.54) is 5.39 Å². The lowest BCUT2D eigenvalue weighted by molar-refractivity contribution is -0.122. The molecule has 1 heterocycles. The van der Waals surface area contributed by atoms with E-state index in [-0.39, 0.29) is 11.9 Å². The summed E-state index contributed by atoms with van der Waals surface area (Å²) in [5, 5.41) is 6.92. The fourth-order valence-corrected chi connectivity index (χ4v) is 2.73. The highest BCUT2D eigenvalue weighted by molar-refractivity contribution is 5.97. The Bertz CT molecular complexity index is 626. The van der Waals surface area contributed by atoms with Gasteiger partial charge in [0.25, 0.3) is 0 Å². The summed E-state index contributed by atoms with van der Waals surface area (Å²) in [7, 11) is 0. The molecule has 0 aliphatic carbocycles. The third-order valence-electron chi connectivity index (χ3n) is 3.86. The molecule has 2 aromatic rings. The Morgan fingerprint density at radius 2 is 1.95 bits per heavy atom. The van der Waals surface area contributed by atoms with Gasteiger partial charge in [0.05, 0.1) is 0 Å².